The Kier molecular flexibility index (Phi) is 3.06. The quantitative estimate of drug-likeness (QED) is 0.865. The van der Waals surface area contributed by atoms with Gasteiger partial charge in [0.05, 0.1) is 17.8 Å². The van der Waals surface area contributed by atoms with Gasteiger partial charge in [0.2, 0.25) is 0 Å². The van der Waals surface area contributed by atoms with Gasteiger partial charge in [-0.15, -0.1) is 10.2 Å². The van der Waals surface area contributed by atoms with Crippen LogP contribution in [0.15, 0.2) is 24.5 Å². The highest BCUT2D eigenvalue weighted by atomic mass is 15.3. The number of nitrogens with one attached hydrogen (secondary N) is 1. The Labute approximate surface area is 99.7 Å². The fourth-order valence-electron chi connectivity index (χ4n) is 1.54. The molecule has 1 aromatic heterocycles. The number of hydrogen-bond acceptors (Lipinski definition) is 4. The van der Waals surface area contributed by atoms with Crippen LogP contribution in [-0.2, 0) is 13.6 Å². The topological polar surface area (TPSA) is 66.5 Å². The van der Waals surface area contributed by atoms with E-state index >= 15 is 0 Å². The first-order valence-corrected chi connectivity index (χ1v) is 5.28. The van der Waals surface area contributed by atoms with Crippen LogP contribution in [0.2, 0.25) is 0 Å². The van der Waals surface area contributed by atoms with E-state index < -0.39 is 0 Å². The summed E-state index contributed by atoms with van der Waals surface area (Å²) >= 11 is 0. The normalized spacial score (nSPS) is 9.94. The summed E-state index contributed by atoms with van der Waals surface area (Å²) in [6.07, 6.45) is 1.65. The summed E-state index contributed by atoms with van der Waals surface area (Å²) in [7, 11) is 1.89. The first kappa shape index (κ1) is 11.1. The standard InChI is InChI=1S/C12H13N5/c1-9-3-4-10(6-13)11(5-9)14-7-12-16-15-8-17(12)2/h3-5,8,14H,7H2,1-2H3. The largest absolute Gasteiger partial charge is 0.377 e. The maximum atomic E-state index is 9.00. The summed E-state index contributed by atoms with van der Waals surface area (Å²) < 4.78 is 1.84. The lowest BCUT2D eigenvalue weighted by Gasteiger charge is -2.08. The Bertz CT molecular complexity index is 565. The van der Waals surface area contributed by atoms with Crippen LogP contribution in [-0.4, -0.2) is 14.8 Å². The molecule has 17 heavy (non-hydrogen) atoms. The number of aryl methyl sites for hydroxylation is 2. The molecule has 0 aliphatic carbocycles. The van der Waals surface area contributed by atoms with Gasteiger partial charge in [-0.25, -0.2) is 0 Å². The number of benzene rings is 1. The summed E-state index contributed by atoms with van der Waals surface area (Å²) in [5, 5.41) is 20.0. The van der Waals surface area contributed by atoms with E-state index in [0.29, 0.717) is 12.1 Å². The van der Waals surface area contributed by atoms with E-state index in [2.05, 4.69) is 21.6 Å². The third-order valence-corrected chi connectivity index (χ3v) is 2.54. The van der Waals surface area contributed by atoms with Crippen molar-refractivity contribution in [3.63, 3.8) is 0 Å². The zero-order chi connectivity index (χ0) is 12.3. The number of nitriles is 1. The van der Waals surface area contributed by atoms with Crippen LogP contribution in [0.25, 0.3) is 0 Å². The lowest BCUT2D eigenvalue weighted by atomic mass is 10.1. The molecule has 0 amide bonds. The molecule has 2 aromatic rings. The molecule has 0 fully saturated rings. The van der Waals surface area contributed by atoms with Crippen LogP contribution in [0, 0.1) is 18.3 Å². The molecule has 86 valence electrons. The van der Waals surface area contributed by atoms with E-state index in [9.17, 15) is 0 Å². The van der Waals surface area contributed by atoms with Gasteiger partial charge in [-0.1, -0.05) is 6.07 Å². The van der Waals surface area contributed by atoms with Gasteiger partial charge in [-0.05, 0) is 24.6 Å². The fraction of sp³-hybridized carbons (Fsp3) is 0.250. The van der Waals surface area contributed by atoms with Crippen LogP contribution in [0.3, 0.4) is 0 Å². The van der Waals surface area contributed by atoms with Crippen molar-refractivity contribution in [2.75, 3.05) is 5.32 Å². The first-order valence-electron chi connectivity index (χ1n) is 5.28. The highest BCUT2D eigenvalue weighted by molar-refractivity contribution is 5.58. The zero-order valence-electron chi connectivity index (χ0n) is 9.81. The van der Waals surface area contributed by atoms with Crippen molar-refractivity contribution in [3.8, 4) is 6.07 Å². The number of nitrogens with zero attached hydrogens (tertiary/aromatic N) is 4. The fourth-order valence-corrected chi connectivity index (χ4v) is 1.54. The van der Waals surface area contributed by atoms with Gasteiger partial charge in [-0.2, -0.15) is 5.26 Å². The van der Waals surface area contributed by atoms with Crippen LogP contribution in [0.5, 0.6) is 0 Å². The average molecular weight is 227 g/mol. The molecule has 1 N–H and O–H groups in total. The zero-order valence-corrected chi connectivity index (χ0v) is 9.81. The number of hydrogen-bond donors (Lipinski definition) is 1. The lowest BCUT2D eigenvalue weighted by Crippen LogP contribution is -2.06. The Morgan fingerprint density at radius 1 is 1.47 bits per heavy atom. The summed E-state index contributed by atoms with van der Waals surface area (Å²) in [6.45, 7) is 2.54. The molecular weight excluding hydrogens is 214 g/mol. The minimum absolute atomic E-state index is 0.550. The summed E-state index contributed by atoms with van der Waals surface area (Å²) in [6, 6.07) is 7.85. The molecule has 5 nitrogen and oxygen atoms in total. The van der Waals surface area contributed by atoms with E-state index in [1.807, 2.05) is 36.7 Å². The SMILES string of the molecule is Cc1ccc(C#N)c(NCc2nncn2C)c1. The highest BCUT2D eigenvalue weighted by Crippen LogP contribution is 2.17. The van der Waals surface area contributed by atoms with Crippen molar-refractivity contribution >= 4 is 5.69 Å². The minimum Gasteiger partial charge on any atom is -0.377 e. The van der Waals surface area contributed by atoms with E-state index in [-0.39, 0.29) is 0 Å². The van der Waals surface area contributed by atoms with Crippen molar-refractivity contribution in [1.82, 2.24) is 14.8 Å². The van der Waals surface area contributed by atoms with Crippen molar-refractivity contribution in [2.45, 2.75) is 13.5 Å². The van der Waals surface area contributed by atoms with E-state index in [4.69, 9.17) is 5.26 Å². The molecular formula is C12H13N5. The lowest BCUT2D eigenvalue weighted by molar-refractivity contribution is 0.812. The van der Waals surface area contributed by atoms with Crippen molar-refractivity contribution < 1.29 is 0 Å². The van der Waals surface area contributed by atoms with Gasteiger partial charge in [0, 0.05) is 7.05 Å². The second kappa shape index (κ2) is 4.66. The predicted molar refractivity (Wildman–Crippen MR) is 64.2 cm³/mol. The van der Waals surface area contributed by atoms with Crippen molar-refractivity contribution in [2.24, 2.45) is 7.05 Å². The van der Waals surface area contributed by atoms with E-state index in [1.54, 1.807) is 6.33 Å². The minimum atomic E-state index is 0.550. The van der Waals surface area contributed by atoms with E-state index in [1.165, 1.54) is 0 Å². The van der Waals surface area contributed by atoms with Gasteiger partial charge in [0.25, 0.3) is 0 Å². The molecule has 2 rings (SSSR count). The molecule has 5 heteroatoms. The molecule has 0 radical (unpaired) electrons. The Balaban J connectivity index is 2.17. The highest BCUT2D eigenvalue weighted by Gasteiger charge is 2.04. The molecule has 1 heterocycles. The average Bonchev–Trinajstić information content (AvgIpc) is 2.72. The van der Waals surface area contributed by atoms with Gasteiger partial charge >= 0.3 is 0 Å². The summed E-state index contributed by atoms with van der Waals surface area (Å²) in [5.74, 6) is 0.829. The molecule has 0 aliphatic heterocycles. The molecule has 0 atom stereocenters. The predicted octanol–water partition coefficient (Wildman–Crippen LogP) is 1.61. The summed E-state index contributed by atoms with van der Waals surface area (Å²) in [4.78, 5) is 0. The van der Waals surface area contributed by atoms with Crippen LogP contribution >= 0.6 is 0 Å². The number of rotatable bonds is 3. The number of anilines is 1. The molecule has 0 bridgehead atoms. The van der Waals surface area contributed by atoms with Crippen LogP contribution < -0.4 is 5.32 Å². The molecule has 0 saturated heterocycles. The van der Waals surface area contributed by atoms with Crippen LogP contribution in [0.4, 0.5) is 5.69 Å². The third kappa shape index (κ3) is 2.42. The second-order valence-corrected chi connectivity index (χ2v) is 3.87. The van der Waals surface area contributed by atoms with Crippen molar-refractivity contribution in [3.05, 3.63) is 41.5 Å². The maximum absolute atomic E-state index is 9.00. The second-order valence-electron chi connectivity index (χ2n) is 3.87. The first-order chi connectivity index (χ1) is 8.20. The maximum Gasteiger partial charge on any atom is 0.151 e. The van der Waals surface area contributed by atoms with Gasteiger partial charge in [0.15, 0.2) is 5.82 Å². The summed E-state index contributed by atoms with van der Waals surface area (Å²) in [5.41, 5.74) is 2.58. The van der Waals surface area contributed by atoms with Crippen molar-refractivity contribution in [1.29, 1.82) is 5.26 Å². The smallest absolute Gasteiger partial charge is 0.151 e. The molecule has 0 unspecified atom stereocenters. The number of aromatic nitrogens is 3. The van der Waals surface area contributed by atoms with Crippen LogP contribution in [0.1, 0.15) is 17.0 Å². The molecule has 0 spiro atoms. The van der Waals surface area contributed by atoms with Gasteiger partial charge in [0.1, 0.15) is 12.4 Å². The molecule has 1 aromatic carbocycles. The van der Waals surface area contributed by atoms with Gasteiger partial charge < -0.3 is 9.88 Å². The van der Waals surface area contributed by atoms with E-state index in [0.717, 1.165) is 17.1 Å². The Morgan fingerprint density at radius 2 is 2.29 bits per heavy atom. The monoisotopic (exact) mass is 227 g/mol. The Morgan fingerprint density at radius 3 is 2.94 bits per heavy atom. The Hall–Kier alpha value is -2.35. The van der Waals surface area contributed by atoms with Gasteiger partial charge in [-0.3, -0.25) is 0 Å². The third-order valence-electron chi connectivity index (χ3n) is 2.54. The molecule has 0 aliphatic rings. The molecule has 0 saturated carbocycles.